The van der Waals surface area contributed by atoms with Gasteiger partial charge in [0.1, 0.15) is 24.2 Å². The molecule has 2 heterocycles. The molecule has 2 aliphatic heterocycles. The van der Waals surface area contributed by atoms with E-state index < -0.39 is 59.0 Å². The molecule has 6 rings (SSSR count). The number of aryl methyl sites for hydroxylation is 1. The number of nitrogens with zero attached hydrogens (tertiary/aromatic N) is 2. The summed E-state index contributed by atoms with van der Waals surface area (Å²) in [4.78, 5) is 89.6. The molecule has 392 valence electrons. The van der Waals surface area contributed by atoms with E-state index in [0.717, 1.165) is 47.1 Å². The Morgan fingerprint density at radius 3 is 1.94 bits per heavy atom. The summed E-state index contributed by atoms with van der Waals surface area (Å²) >= 11 is 0. The van der Waals surface area contributed by atoms with Gasteiger partial charge < -0.3 is 51.5 Å². The van der Waals surface area contributed by atoms with E-state index in [2.05, 4.69) is 44.0 Å². The number of rotatable bonds is 19. The molecule has 0 bridgehead atoms. The molecule has 72 heavy (non-hydrogen) atoms. The minimum atomic E-state index is -0.994. The molecule has 1 fully saturated rings. The first-order valence-electron chi connectivity index (χ1n) is 25.7. The highest BCUT2D eigenvalue weighted by Crippen LogP contribution is 2.38. The minimum Gasteiger partial charge on any atom is -0.394 e. The summed E-state index contributed by atoms with van der Waals surface area (Å²) in [5.41, 5.74) is 4.36. The van der Waals surface area contributed by atoms with E-state index in [9.17, 15) is 29.1 Å². The Bertz CT molecular complexity index is 2380. The number of hydrogen-bond acceptors (Lipinski definition) is 10. The van der Waals surface area contributed by atoms with Gasteiger partial charge in [-0.15, -0.1) is 0 Å². The zero-order chi connectivity index (χ0) is 52.5. The fourth-order valence-corrected chi connectivity index (χ4v) is 10.1. The first-order valence-corrected chi connectivity index (χ1v) is 25.7. The fourth-order valence-electron chi connectivity index (χ4n) is 10.1. The fraction of sp³-hybridized carbons (Fsp3) is 0.571. The number of carbonyl (C=O) groups excluding carboxylic acids is 6. The summed E-state index contributed by atoms with van der Waals surface area (Å²) in [5, 5.41) is 27.9. The molecular weight excluding hydrogens is 913 g/mol. The summed E-state index contributed by atoms with van der Waals surface area (Å²) < 4.78 is 5.75. The van der Waals surface area contributed by atoms with Crippen LogP contribution in [0.5, 0.6) is 0 Å². The summed E-state index contributed by atoms with van der Waals surface area (Å²) in [5.74, 6) is -2.36. The Morgan fingerprint density at radius 2 is 1.33 bits per heavy atom. The van der Waals surface area contributed by atoms with Crippen LogP contribution in [0, 0.1) is 10.8 Å². The molecule has 0 spiro atoms. The second kappa shape index (κ2) is 24.4. The molecule has 3 aromatic carbocycles. The lowest BCUT2D eigenvalue weighted by Gasteiger charge is -2.41. The molecule has 3 aromatic rings. The summed E-state index contributed by atoms with van der Waals surface area (Å²) in [7, 11) is 3.35. The van der Waals surface area contributed by atoms with E-state index in [1.807, 2.05) is 102 Å². The standard InChI is InChI=1S/C56H80N8O8/c1-34(57-9)49(66)61-47(55(3,4)5)53(70)63-31-40-28-38(23-24-39(40)29-45(63)51(68)59-42(33-72-26-25-65)27-36-17-12-11-13-18-36)41-30-46(52(69)60-44-22-16-20-37-19-14-15-21-43(37)44)64(32-41)54(71)48(56(6,7)8)62-50(67)35(2)58-10/h11-15,17-19,21,23-24,28,34-35,41-42,44-48,57-58,65H,16,20,22,25-27,29-33H2,1-10H3,(H,59,68)(H,60,69)(H,61,66)(H,62,67)/t34-,35-,41?,42?,44?,45-,46-,47?,48+/m0/s1. The van der Waals surface area contributed by atoms with Gasteiger partial charge in [0.2, 0.25) is 35.4 Å². The second-order valence-electron chi connectivity index (χ2n) is 22.1. The van der Waals surface area contributed by atoms with Crippen LogP contribution in [-0.4, -0.2) is 133 Å². The molecule has 16 heteroatoms. The Labute approximate surface area is 426 Å². The topological polar surface area (TPSA) is 211 Å². The normalized spacial score (nSPS) is 21.0. The number of nitrogens with one attached hydrogen (secondary N) is 6. The molecule has 1 saturated heterocycles. The predicted octanol–water partition coefficient (Wildman–Crippen LogP) is 3.83. The zero-order valence-electron chi connectivity index (χ0n) is 44.1. The van der Waals surface area contributed by atoms with Crippen LogP contribution in [0.15, 0.2) is 72.8 Å². The van der Waals surface area contributed by atoms with Crippen molar-refractivity contribution >= 4 is 35.4 Å². The van der Waals surface area contributed by atoms with E-state index in [1.165, 1.54) is 5.56 Å². The summed E-state index contributed by atoms with van der Waals surface area (Å²) in [6.45, 7) is 15.1. The van der Waals surface area contributed by atoms with Crippen molar-refractivity contribution in [1.82, 2.24) is 41.7 Å². The van der Waals surface area contributed by atoms with Crippen LogP contribution in [0.2, 0.25) is 0 Å². The van der Waals surface area contributed by atoms with Gasteiger partial charge in [0.15, 0.2) is 0 Å². The molecule has 6 amide bonds. The molecule has 0 radical (unpaired) electrons. The smallest absolute Gasteiger partial charge is 0.246 e. The molecule has 9 atom stereocenters. The molecule has 16 nitrogen and oxygen atoms in total. The van der Waals surface area contributed by atoms with Gasteiger partial charge in [-0.3, -0.25) is 28.8 Å². The number of aliphatic hydroxyl groups excluding tert-OH is 1. The third-order valence-electron chi connectivity index (χ3n) is 14.7. The number of likely N-dealkylation sites (N-methyl/N-ethyl adjacent to an activating group) is 2. The van der Waals surface area contributed by atoms with E-state index in [4.69, 9.17) is 4.74 Å². The molecule has 3 aliphatic rings. The van der Waals surface area contributed by atoms with Gasteiger partial charge in [-0.1, -0.05) is 114 Å². The third-order valence-corrected chi connectivity index (χ3v) is 14.7. The lowest BCUT2D eigenvalue weighted by atomic mass is 9.83. The van der Waals surface area contributed by atoms with Crippen molar-refractivity contribution in [3.8, 4) is 0 Å². The summed E-state index contributed by atoms with van der Waals surface area (Å²) in [6.07, 6.45) is 3.57. The van der Waals surface area contributed by atoms with Crippen molar-refractivity contribution in [3.63, 3.8) is 0 Å². The van der Waals surface area contributed by atoms with Crippen molar-refractivity contribution in [2.75, 3.05) is 40.5 Å². The van der Waals surface area contributed by atoms with Gasteiger partial charge in [-0.25, -0.2) is 0 Å². The van der Waals surface area contributed by atoms with Crippen molar-refractivity contribution in [3.05, 3.63) is 106 Å². The number of hydrogen-bond donors (Lipinski definition) is 7. The first-order chi connectivity index (χ1) is 34.1. The average molecular weight is 993 g/mol. The summed E-state index contributed by atoms with van der Waals surface area (Å²) in [6, 6.07) is 18.3. The van der Waals surface area contributed by atoms with Gasteiger partial charge >= 0.3 is 0 Å². The second-order valence-corrected chi connectivity index (χ2v) is 22.1. The van der Waals surface area contributed by atoms with Gasteiger partial charge in [0.25, 0.3) is 0 Å². The Kier molecular flexibility index (Phi) is 18.8. The van der Waals surface area contributed by atoms with Crippen LogP contribution in [0.1, 0.15) is 120 Å². The van der Waals surface area contributed by atoms with Crippen LogP contribution in [0.25, 0.3) is 0 Å². The van der Waals surface area contributed by atoms with Crippen molar-refractivity contribution in [2.45, 2.75) is 155 Å². The largest absolute Gasteiger partial charge is 0.394 e. The SMILES string of the molecule is CN[C@@H](C)C(=O)NC(C(=O)N1Cc2cc(C3C[C@@H](C(=O)NC4CCCc5ccccc54)N(C(=O)[C@@H](NC(=O)[C@H](C)NC)C(C)(C)C)C3)ccc2C[C@H]1C(=O)NC(COCCO)Cc1ccccc1)C(C)(C)C. The van der Waals surface area contributed by atoms with Crippen molar-refractivity contribution < 1.29 is 38.6 Å². The number of fused-ring (bicyclic) bond motifs is 2. The quantitative estimate of drug-likeness (QED) is 0.0864. The van der Waals surface area contributed by atoms with Gasteiger partial charge in [0, 0.05) is 25.4 Å². The average Bonchev–Trinajstić information content (AvgIpc) is 3.81. The van der Waals surface area contributed by atoms with E-state index in [1.54, 1.807) is 37.7 Å². The van der Waals surface area contributed by atoms with Crippen molar-refractivity contribution in [2.24, 2.45) is 10.8 Å². The van der Waals surface area contributed by atoms with Crippen LogP contribution in [0.4, 0.5) is 0 Å². The van der Waals surface area contributed by atoms with Gasteiger partial charge in [-0.2, -0.15) is 0 Å². The Balaban J connectivity index is 1.35. The lowest BCUT2D eigenvalue weighted by molar-refractivity contribution is -0.147. The maximum atomic E-state index is 15.1. The predicted molar refractivity (Wildman–Crippen MR) is 277 cm³/mol. The number of ether oxygens (including phenoxy) is 1. The van der Waals surface area contributed by atoms with E-state index in [0.29, 0.717) is 12.8 Å². The van der Waals surface area contributed by atoms with Crippen LogP contribution < -0.4 is 31.9 Å². The molecule has 0 saturated carbocycles. The monoisotopic (exact) mass is 993 g/mol. The van der Waals surface area contributed by atoms with Crippen molar-refractivity contribution in [1.29, 1.82) is 0 Å². The highest BCUT2D eigenvalue weighted by atomic mass is 16.5. The van der Waals surface area contributed by atoms with Crippen LogP contribution >= 0.6 is 0 Å². The maximum Gasteiger partial charge on any atom is 0.246 e. The van der Waals surface area contributed by atoms with Crippen LogP contribution in [-0.2, 0) is 59.3 Å². The van der Waals surface area contributed by atoms with Crippen LogP contribution in [0.3, 0.4) is 0 Å². The first kappa shape index (κ1) is 55.6. The van der Waals surface area contributed by atoms with E-state index >= 15 is 4.79 Å². The highest BCUT2D eigenvalue weighted by Gasteiger charge is 2.47. The molecule has 7 N–H and O–H groups in total. The maximum absolute atomic E-state index is 15.1. The molecular formula is C56H80N8O8. The zero-order valence-corrected chi connectivity index (χ0v) is 44.1. The molecule has 4 unspecified atom stereocenters. The number of benzene rings is 3. The number of likely N-dealkylation sites (tertiary alicyclic amines) is 1. The van der Waals surface area contributed by atoms with Gasteiger partial charge in [0.05, 0.1) is 44.0 Å². The van der Waals surface area contributed by atoms with Gasteiger partial charge in [-0.05, 0) is 104 Å². The molecule has 0 aromatic heterocycles. The number of amides is 6. The highest BCUT2D eigenvalue weighted by molar-refractivity contribution is 5.95. The Morgan fingerprint density at radius 1 is 0.722 bits per heavy atom. The van der Waals surface area contributed by atoms with E-state index in [-0.39, 0.29) is 80.8 Å². The molecule has 1 aliphatic carbocycles. The minimum absolute atomic E-state index is 0.0522. The lowest BCUT2D eigenvalue weighted by Crippen LogP contribution is -2.62. The number of aliphatic hydroxyl groups is 1. The Hall–Kier alpha value is -5.68. The number of carbonyl (C=O) groups is 6. The third kappa shape index (κ3) is 13.7.